The van der Waals surface area contributed by atoms with E-state index in [1.165, 1.54) is 0 Å². The summed E-state index contributed by atoms with van der Waals surface area (Å²) < 4.78 is 52.8. The van der Waals surface area contributed by atoms with Gasteiger partial charge in [0.05, 0.1) is 66.1 Å². The predicted molar refractivity (Wildman–Crippen MR) is 197 cm³/mol. The quantitative estimate of drug-likeness (QED) is 0.0364. The average molecular weight is 951 g/mol. The molecule has 2 unspecified atom stereocenters. The van der Waals surface area contributed by atoms with Crippen molar-refractivity contribution >= 4 is 71.9 Å². The number of nitrogens with zero attached hydrogens (tertiary/aromatic N) is 4. The van der Waals surface area contributed by atoms with Crippen LogP contribution in [0.5, 0.6) is 0 Å². The molecule has 4 saturated heterocycles. The van der Waals surface area contributed by atoms with E-state index in [-0.39, 0.29) is 144 Å². The third-order valence-corrected chi connectivity index (χ3v) is 8.48. The van der Waals surface area contributed by atoms with Crippen molar-refractivity contribution in [1.29, 1.82) is 0 Å². The van der Waals surface area contributed by atoms with E-state index >= 15 is 0 Å². The van der Waals surface area contributed by atoms with Crippen LogP contribution in [-0.2, 0) is 105 Å². The van der Waals surface area contributed by atoms with Crippen LogP contribution in [0.3, 0.4) is 0 Å². The summed E-state index contributed by atoms with van der Waals surface area (Å²) in [6.45, 7) is -3.09. The highest BCUT2D eigenvalue weighted by atomic mass is 16.9. The van der Waals surface area contributed by atoms with Crippen LogP contribution in [-0.4, -0.2) is 197 Å². The number of carbonyl (C=O) groups excluding carboxylic acids is 12. The first kappa shape index (κ1) is 52.0. The zero-order valence-corrected chi connectivity index (χ0v) is 35.1. The summed E-state index contributed by atoms with van der Waals surface area (Å²) in [5.41, 5.74) is 0. The van der Waals surface area contributed by atoms with Crippen LogP contribution in [0.25, 0.3) is 0 Å². The summed E-state index contributed by atoms with van der Waals surface area (Å²) in [7, 11) is 0. The maximum atomic E-state index is 12.0. The minimum Gasteiger partial charge on any atom is -0.430 e. The topological polar surface area (TPSA) is 347 Å². The molecule has 0 aromatic rings. The minimum atomic E-state index is -1.33. The van der Waals surface area contributed by atoms with Crippen molar-refractivity contribution < 1.29 is 124 Å². The van der Waals surface area contributed by atoms with Gasteiger partial charge in [0.2, 0.25) is 0 Å². The highest BCUT2D eigenvalue weighted by Gasteiger charge is 2.36. The lowest BCUT2D eigenvalue weighted by Gasteiger charge is -2.20. The molecule has 4 rings (SSSR count). The van der Waals surface area contributed by atoms with E-state index < -0.39 is 84.1 Å². The molecule has 4 aliphatic rings. The van der Waals surface area contributed by atoms with Crippen LogP contribution in [0.1, 0.15) is 51.4 Å². The Morgan fingerprint density at radius 2 is 0.515 bits per heavy atom. The summed E-state index contributed by atoms with van der Waals surface area (Å²) in [5, 5.41) is 1.23. The second kappa shape index (κ2) is 27.7. The minimum absolute atomic E-state index is 0.0437. The molecule has 0 aliphatic carbocycles. The first-order valence-electron chi connectivity index (χ1n) is 20.1. The second-order valence-electron chi connectivity index (χ2n) is 13.4. The van der Waals surface area contributed by atoms with Crippen molar-refractivity contribution in [2.24, 2.45) is 0 Å². The lowest BCUT2D eigenvalue weighted by Crippen LogP contribution is -2.33. The summed E-state index contributed by atoms with van der Waals surface area (Å²) in [6.07, 6.45) is -7.87. The third-order valence-electron chi connectivity index (χ3n) is 8.48. The van der Waals surface area contributed by atoms with Crippen molar-refractivity contribution in [2.75, 3.05) is 92.5 Å². The van der Waals surface area contributed by atoms with Gasteiger partial charge in [-0.05, 0) is 0 Å². The Hall–Kier alpha value is -6.60. The molecule has 4 aliphatic heterocycles. The number of carbonyl (C=O) groups is 12. The van der Waals surface area contributed by atoms with E-state index in [0.717, 1.165) is 0 Å². The van der Waals surface area contributed by atoms with Gasteiger partial charge in [0.1, 0.15) is 38.6 Å². The Labute approximate surface area is 372 Å². The molecule has 0 N–H and O–H groups in total. The SMILES string of the molecule is O=C(OCCOCC(COCCOCC(COCCOC(=O)ON1C(=O)CCC1=O)OCCOC(=O)ON1C(=O)CCC1=O)OCCOC(=O)ON1C(=O)CCC1=O)ON1C(=O)CCC1=O. The fourth-order valence-electron chi connectivity index (χ4n) is 5.35. The van der Waals surface area contributed by atoms with E-state index in [1.54, 1.807) is 0 Å². The van der Waals surface area contributed by atoms with Gasteiger partial charge in [-0.3, -0.25) is 57.7 Å². The largest absolute Gasteiger partial charge is 0.534 e. The molecule has 0 saturated carbocycles. The van der Waals surface area contributed by atoms with E-state index in [1.807, 2.05) is 0 Å². The highest BCUT2D eigenvalue weighted by molar-refractivity contribution is 6.03. The van der Waals surface area contributed by atoms with Gasteiger partial charge in [-0.2, -0.15) is 0 Å². The Morgan fingerprint density at radius 1 is 0.318 bits per heavy atom. The van der Waals surface area contributed by atoms with E-state index in [9.17, 15) is 57.5 Å². The van der Waals surface area contributed by atoms with Crippen LogP contribution < -0.4 is 0 Å². The Morgan fingerprint density at radius 3 is 0.742 bits per heavy atom. The van der Waals surface area contributed by atoms with Gasteiger partial charge in [-0.15, -0.1) is 0 Å². The van der Waals surface area contributed by atoms with E-state index in [2.05, 4.69) is 19.4 Å². The summed E-state index contributed by atoms with van der Waals surface area (Å²) in [5.74, 6) is -5.62. The highest BCUT2D eigenvalue weighted by Crippen LogP contribution is 2.16. The van der Waals surface area contributed by atoms with Crippen LogP contribution in [0.15, 0.2) is 0 Å². The molecule has 366 valence electrons. The Bertz CT molecular complexity index is 1600. The van der Waals surface area contributed by atoms with Crippen LogP contribution >= 0.6 is 0 Å². The molecular weight excluding hydrogens is 904 g/mol. The maximum absolute atomic E-state index is 12.0. The first-order chi connectivity index (χ1) is 31.7. The number of imide groups is 4. The van der Waals surface area contributed by atoms with Gasteiger partial charge in [-0.25, -0.2) is 19.2 Å². The molecule has 4 fully saturated rings. The van der Waals surface area contributed by atoms with Crippen LogP contribution in [0, 0.1) is 0 Å². The van der Waals surface area contributed by atoms with Crippen molar-refractivity contribution in [3.05, 3.63) is 0 Å². The second-order valence-corrected chi connectivity index (χ2v) is 13.4. The smallest absolute Gasteiger partial charge is 0.430 e. The number of hydrogen-bond donors (Lipinski definition) is 0. The molecule has 30 nitrogen and oxygen atoms in total. The van der Waals surface area contributed by atoms with Crippen molar-refractivity contribution in [2.45, 2.75) is 63.6 Å². The van der Waals surface area contributed by atoms with Gasteiger partial charge in [0, 0.05) is 51.4 Å². The molecule has 0 bridgehead atoms. The Balaban J connectivity index is 1.17. The van der Waals surface area contributed by atoms with E-state index in [4.69, 9.17) is 47.4 Å². The molecular formula is C36H46N4O26. The van der Waals surface area contributed by atoms with Gasteiger partial charge in [-0.1, -0.05) is 20.3 Å². The summed E-state index contributed by atoms with van der Waals surface area (Å²) >= 11 is 0. The molecule has 0 aromatic carbocycles. The lowest BCUT2D eigenvalue weighted by atomic mass is 10.4. The number of hydrogen-bond acceptors (Lipinski definition) is 26. The number of amides is 8. The van der Waals surface area contributed by atoms with Crippen molar-refractivity contribution in [3.8, 4) is 0 Å². The summed E-state index contributed by atoms with van der Waals surface area (Å²) in [6, 6.07) is 0. The van der Waals surface area contributed by atoms with Crippen LogP contribution in [0.4, 0.5) is 19.2 Å². The Kier molecular flexibility index (Phi) is 21.8. The van der Waals surface area contributed by atoms with Gasteiger partial charge < -0.3 is 47.4 Å². The molecule has 2 atom stereocenters. The fourth-order valence-corrected chi connectivity index (χ4v) is 5.35. The molecule has 30 heteroatoms. The molecule has 66 heavy (non-hydrogen) atoms. The average Bonchev–Trinajstić information content (AvgIpc) is 3.99. The maximum Gasteiger partial charge on any atom is 0.534 e. The number of rotatable bonds is 29. The molecule has 0 radical (unpaired) electrons. The molecule has 0 spiro atoms. The summed E-state index contributed by atoms with van der Waals surface area (Å²) in [4.78, 5) is 159. The van der Waals surface area contributed by atoms with Gasteiger partial charge >= 0.3 is 24.6 Å². The molecule has 8 amide bonds. The first-order valence-corrected chi connectivity index (χ1v) is 20.1. The zero-order valence-electron chi connectivity index (χ0n) is 35.1. The molecule has 0 aromatic heterocycles. The third kappa shape index (κ3) is 18.1. The van der Waals surface area contributed by atoms with Gasteiger partial charge in [0.25, 0.3) is 47.3 Å². The fraction of sp³-hybridized carbons (Fsp3) is 0.667. The predicted octanol–water partition coefficient (Wildman–Crippen LogP) is -1.31. The number of hydroxylamine groups is 8. The van der Waals surface area contributed by atoms with Crippen molar-refractivity contribution in [3.63, 3.8) is 0 Å². The lowest BCUT2D eigenvalue weighted by molar-refractivity contribution is -0.178. The van der Waals surface area contributed by atoms with Crippen molar-refractivity contribution in [1.82, 2.24) is 20.3 Å². The molecule has 4 heterocycles. The van der Waals surface area contributed by atoms with Crippen LogP contribution in [0.2, 0.25) is 0 Å². The number of ether oxygens (including phenoxy) is 10. The van der Waals surface area contributed by atoms with Gasteiger partial charge in [0.15, 0.2) is 0 Å². The monoisotopic (exact) mass is 950 g/mol. The van der Waals surface area contributed by atoms with E-state index in [0.29, 0.717) is 20.3 Å². The standard InChI is InChI=1S/C36H46N4O26/c41-25-1-2-26(42)37(25)63-33(49)59-13-11-55-21-23(57-15-17-61-35(51)65-39-29(45)5-6-30(39)46)19-53-9-10-54-20-24(58-16-18-62-36(52)66-40-31(47)7-8-32(40)48)22-56-12-14-60-34(50)64-38-27(43)3-4-28(38)44/h23-24H,1-22H2. The zero-order chi connectivity index (χ0) is 47.8. The normalized spacial score (nSPS) is 17.2.